The van der Waals surface area contributed by atoms with Crippen LogP contribution >= 0.6 is 0 Å². The molecule has 0 unspecified atom stereocenters. The summed E-state index contributed by atoms with van der Waals surface area (Å²) in [4.78, 5) is 14.0. The molecule has 0 spiro atoms. The van der Waals surface area contributed by atoms with Gasteiger partial charge in [0.05, 0.1) is 23.6 Å². The normalized spacial score (nSPS) is 19.2. The first-order chi connectivity index (χ1) is 12.4. The van der Waals surface area contributed by atoms with Crippen LogP contribution in [0, 0.1) is 0 Å². The van der Waals surface area contributed by atoms with Gasteiger partial charge in [0.1, 0.15) is 0 Å². The number of nitrogens with zero attached hydrogens (tertiary/aromatic N) is 2. The Morgan fingerprint density at radius 1 is 1.08 bits per heavy atom. The van der Waals surface area contributed by atoms with Crippen molar-refractivity contribution in [2.75, 3.05) is 33.8 Å². The maximum absolute atomic E-state index is 13.3. The molecule has 0 N–H and O–H groups in total. The van der Waals surface area contributed by atoms with Crippen LogP contribution in [0.5, 0.6) is 0 Å². The number of likely N-dealkylation sites (N-methyl/N-ethyl adjacent to an activating group) is 1. The number of carbonyl (C=O) groups is 1. The van der Waals surface area contributed by atoms with E-state index in [1.807, 2.05) is 37.4 Å². The second-order valence-corrected chi connectivity index (χ2v) is 8.21. The summed E-state index contributed by atoms with van der Waals surface area (Å²) in [7, 11) is -0.491. The number of esters is 1. The Morgan fingerprint density at radius 3 is 2.50 bits per heavy atom. The zero-order valence-electron chi connectivity index (χ0n) is 14.8. The van der Waals surface area contributed by atoms with E-state index < -0.39 is 16.0 Å². The fourth-order valence-corrected chi connectivity index (χ4v) is 4.82. The first-order valence-corrected chi connectivity index (χ1v) is 9.81. The molecule has 3 rings (SSSR count). The number of hydrogen-bond donors (Lipinski definition) is 0. The molecule has 1 heterocycles. The predicted octanol–water partition coefficient (Wildman–Crippen LogP) is 2.15. The Kier molecular flexibility index (Phi) is 5.41. The van der Waals surface area contributed by atoms with E-state index in [0.29, 0.717) is 19.6 Å². The van der Waals surface area contributed by atoms with Crippen LogP contribution in [0.3, 0.4) is 0 Å². The van der Waals surface area contributed by atoms with Crippen molar-refractivity contribution in [1.82, 2.24) is 9.21 Å². The van der Waals surface area contributed by atoms with Gasteiger partial charge in [-0.3, -0.25) is 0 Å². The molecule has 0 saturated carbocycles. The number of methoxy groups -OCH3 is 1. The number of benzene rings is 2. The summed E-state index contributed by atoms with van der Waals surface area (Å²) >= 11 is 0. The summed E-state index contributed by atoms with van der Waals surface area (Å²) in [5, 5.41) is 0. The molecule has 1 saturated heterocycles. The maximum atomic E-state index is 13.3. The first-order valence-electron chi connectivity index (χ1n) is 8.37. The van der Waals surface area contributed by atoms with Crippen LogP contribution in [-0.4, -0.2) is 57.4 Å². The Morgan fingerprint density at radius 2 is 1.81 bits per heavy atom. The third-order valence-electron chi connectivity index (χ3n) is 4.58. The molecule has 1 fully saturated rings. The zero-order chi connectivity index (χ0) is 18.7. The molecular formula is C19H22N2O4S. The lowest BCUT2D eigenvalue weighted by atomic mass is 10.1. The number of rotatable bonds is 4. The first kappa shape index (κ1) is 18.6. The number of piperazine rings is 1. The predicted molar refractivity (Wildman–Crippen MR) is 98.4 cm³/mol. The fourth-order valence-electron chi connectivity index (χ4n) is 3.17. The van der Waals surface area contributed by atoms with E-state index in [1.54, 1.807) is 12.1 Å². The average Bonchev–Trinajstić information content (AvgIpc) is 2.68. The monoisotopic (exact) mass is 374 g/mol. The number of carbonyl (C=O) groups excluding carboxylic acids is 1. The van der Waals surface area contributed by atoms with Gasteiger partial charge < -0.3 is 9.64 Å². The van der Waals surface area contributed by atoms with Crippen molar-refractivity contribution in [2.45, 2.75) is 10.9 Å². The summed E-state index contributed by atoms with van der Waals surface area (Å²) in [5.74, 6) is -0.556. The Hall–Kier alpha value is -2.22. The van der Waals surface area contributed by atoms with Crippen molar-refractivity contribution < 1.29 is 17.9 Å². The van der Waals surface area contributed by atoms with E-state index in [0.717, 1.165) is 5.56 Å². The molecule has 0 bridgehead atoms. The lowest BCUT2D eigenvalue weighted by Crippen LogP contribution is -2.49. The molecule has 1 aliphatic rings. The second-order valence-electron chi connectivity index (χ2n) is 6.32. The molecule has 1 aliphatic heterocycles. The lowest BCUT2D eigenvalue weighted by molar-refractivity contribution is 0.0600. The Bertz CT molecular complexity index is 883. The molecule has 6 nitrogen and oxygen atoms in total. The van der Waals surface area contributed by atoms with Crippen molar-refractivity contribution in [2.24, 2.45) is 0 Å². The van der Waals surface area contributed by atoms with E-state index in [9.17, 15) is 13.2 Å². The van der Waals surface area contributed by atoms with Crippen LogP contribution in [-0.2, 0) is 14.8 Å². The minimum absolute atomic E-state index is 0.103. The molecule has 0 amide bonds. The van der Waals surface area contributed by atoms with Crippen molar-refractivity contribution in [3.8, 4) is 0 Å². The zero-order valence-corrected chi connectivity index (χ0v) is 15.6. The summed E-state index contributed by atoms with van der Waals surface area (Å²) in [6.07, 6.45) is 0. The van der Waals surface area contributed by atoms with Crippen LogP contribution in [0.15, 0.2) is 59.5 Å². The highest BCUT2D eigenvalue weighted by atomic mass is 32.2. The van der Waals surface area contributed by atoms with Gasteiger partial charge in [0, 0.05) is 19.6 Å². The summed E-state index contributed by atoms with van der Waals surface area (Å²) in [6.45, 7) is 1.65. The van der Waals surface area contributed by atoms with Gasteiger partial charge in [-0.25, -0.2) is 13.2 Å². The fraction of sp³-hybridized carbons (Fsp3) is 0.316. The molecule has 138 valence electrons. The maximum Gasteiger partial charge on any atom is 0.337 e. The molecule has 7 heteroatoms. The molecule has 0 aromatic heterocycles. The third-order valence-corrected chi connectivity index (χ3v) is 6.48. The van der Waals surface area contributed by atoms with E-state index in [1.165, 1.54) is 23.5 Å². The van der Waals surface area contributed by atoms with Gasteiger partial charge in [0.25, 0.3) is 0 Å². The van der Waals surface area contributed by atoms with Gasteiger partial charge in [0.2, 0.25) is 10.0 Å². The topological polar surface area (TPSA) is 66.9 Å². The Balaban J connectivity index is 2.00. The van der Waals surface area contributed by atoms with E-state index in [4.69, 9.17) is 4.74 Å². The second kappa shape index (κ2) is 7.57. The van der Waals surface area contributed by atoms with Gasteiger partial charge >= 0.3 is 5.97 Å². The quantitative estimate of drug-likeness (QED) is 0.767. The van der Waals surface area contributed by atoms with Gasteiger partial charge in [0.15, 0.2) is 0 Å². The van der Waals surface area contributed by atoms with Gasteiger partial charge in [-0.15, -0.1) is 0 Å². The SMILES string of the molecule is COC(=O)c1cccc(S(=O)(=O)N2CCN(C)C[C@@H]2c2ccccc2)c1. The largest absolute Gasteiger partial charge is 0.465 e. The minimum Gasteiger partial charge on any atom is -0.465 e. The molecule has 0 aliphatic carbocycles. The molecular weight excluding hydrogens is 352 g/mol. The summed E-state index contributed by atoms with van der Waals surface area (Å²) in [5.41, 5.74) is 1.17. The van der Waals surface area contributed by atoms with Crippen molar-refractivity contribution in [3.63, 3.8) is 0 Å². The van der Waals surface area contributed by atoms with Gasteiger partial charge in [-0.2, -0.15) is 4.31 Å². The van der Waals surface area contributed by atoms with Crippen molar-refractivity contribution in [3.05, 3.63) is 65.7 Å². The van der Waals surface area contributed by atoms with Crippen LogP contribution < -0.4 is 0 Å². The average molecular weight is 374 g/mol. The van der Waals surface area contributed by atoms with Crippen molar-refractivity contribution >= 4 is 16.0 Å². The number of hydrogen-bond acceptors (Lipinski definition) is 5. The van der Waals surface area contributed by atoms with E-state index in [-0.39, 0.29) is 16.5 Å². The molecule has 2 aromatic rings. The Labute approximate surface area is 154 Å². The van der Waals surface area contributed by atoms with Crippen LogP contribution in [0.25, 0.3) is 0 Å². The molecule has 2 aromatic carbocycles. The van der Waals surface area contributed by atoms with E-state index >= 15 is 0 Å². The highest BCUT2D eigenvalue weighted by molar-refractivity contribution is 7.89. The standard InChI is InChI=1S/C19H22N2O4S/c1-20-11-12-21(18(14-20)15-7-4-3-5-8-15)26(23,24)17-10-6-9-16(13-17)19(22)25-2/h3-10,13,18H,11-12,14H2,1-2H3/t18-/m1/s1. The lowest BCUT2D eigenvalue weighted by Gasteiger charge is -2.39. The van der Waals surface area contributed by atoms with Gasteiger partial charge in [-0.1, -0.05) is 36.4 Å². The van der Waals surface area contributed by atoms with Crippen LogP contribution in [0.1, 0.15) is 22.0 Å². The van der Waals surface area contributed by atoms with Crippen LogP contribution in [0.4, 0.5) is 0 Å². The van der Waals surface area contributed by atoms with E-state index in [2.05, 4.69) is 4.90 Å². The summed E-state index contributed by atoms with van der Waals surface area (Å²) in [6, 6.07) is 15.3. The van der Waals surface area contributed by atoms with Crippen LogP contribution in [0.2, 0.25) is 0 Å². The molecule has 0 radical (unpaired) electrons. The molecule has 1 atom stereocenters. The highest BCUT2D eigenvalue weighted by Crippen LogP contribution is 2.31. The number of ether oxygens (including phenoxy) is 1. The number of sulfonamides is 1. The summed E-state index contributed by atoms with van der Waals surface area (Å²) < 4.78 is 32.8. The molecule has 26 heavy (non-hydrogen) atoms. The smallest absolute Gasteiger partial charge is 0.337 e. The highest BCUT2D eigenvalue weighted by Gasteiger charge is 2.36. The van der Waals surface area contributed by atoms with Gasteiger partial charge in [-0.05, 0) is 30.8 Å². The minimum atomic E-state index is -3.75. The van der Waals surface area contributed by atoms with Crippen molar-refractivity contribution in [1.29, 1.82) is 0 Å². The third kappa shape index (κ3) is 3.65.